The molecule has 4 rings (SSSR count). The zero-order chi connectivity index (χ0) is 18.0. The second-order valence-corrected chi connectivity index (χ2v) is 5.57. The van der Waals surface area contributed by atoms with E-state index < -0.39 is 22.5 Å². The van der Waals surface area contributed by atoms with Gasteiger partial charge in [-0.3, -0.25) is 33.3 Å². The summed E-state index contributed by atoms with van der Waals surface area (Å²) >= 11 is 0. The number of rotatable bonds is 1. The van der Waals surface area contributed by atoms with E-state index in [1.165, 1.54) is 34.1 Å². The van der Waals surface area contributed by atoms with Crippen LogP contribution >= 0.6 is 0 Å². The number of aromatic amines is 2. The van der Waals surface area contributed by atoms with Crippen molar-refractivity contribution in [1.82, 2.24) is 38.2 Å². The van der Waals surface area contributed by atoms with E-state index in [4.69, 9.17) is 0 Å². The van der Waals surface area contributed by atoms with Crippen molar-refractivity contribution in [2.24, 2.45) is 21.1 Å². The number of hydrogen-bond donors (Lipinski definition) is 2. The molecule has 12 heteroatoms. The van der Waals surface area contributed by atoms with Crippen molar-refractivity contribution >= 4 is 22.3 Å². The molecule has 0 atom stereocenters. The fourth-order valence-corrected chi connectivity index (χ4v) is 2.81. The van der Waals surface area contributed by atoms with Crippen LogP contribution in [0.25, 0.3) is 28.3 Å². The Bertz CT molecular complexity index is 1410. The summed E-state index contributed by atoms with van der Waals surface area (Å²) in [5, 5.41) is 0. The molecule has 128 valence electrons. The average molecular weight is 344 g/mol. The van der Waals surface area contributed by atoms with Crippen LogP contribution in [0.3, 0.4) is 0 Å². The van der Waals surface area contributed by atoms with Gasteiger partial charge in [0.15, 0.2) is 22.3 Å². The molecule has 4 aromatic rings. The molecule has 0 aliphatic rings. The maximum Gasteiger partial charge on any atom is 0.332 e. The van der Waals surface area contributed by atoms with Crippen LogP contribution in [0.5, 0.6) is 0 Å². The molecule has 2 N–H and O–H groups in total. The van der Waals surface area contributed by atoms with E-state index in [-0.39, 0.29) is 28.3 Å². The van der Waals surface area contributed by atoms with Crippen LogP contribution in [0.15, 0.2) is 25.5 Å². The normalized spacial score (nSPS) is 11.6. The molecule has 0 amide bonds. The first-order valence-corrected chi connectivity index (χ1v) is 7.13. The molecule has 0 radical (unpaired) electrons. The van der Waals surface area contributed by atoms with Crippen molar-refractivity contribution in [1.29, 1.82) is 0 Å². The van der Waals surface area contributed by atoms with Gasteiger partial charge in [0.25, 0.3) is 11.1 Å². The van der Waals surface area contributed by atoms with Crippen molar-refractivity contribution < 1.29 is 0 Å². The summed E-state index contributed by atoms with van der Waals surface area (Å²) < 4.78 is 5.06. The Balaban J connectivity index is 2.19. The van der Waals surface area contributed by atoms with Crippen LogP contribution in [0, 0.1) is 0 Å². The maximum atomic E-state index is 12.4. The molecule has 0 unspecified atom stereocenters. The molecule has 0 saturated heterocycles. The van der Waals surface area contributed by atoms with E-state index >= 15 is 0 Å². The largest absolute Gasteiger partial charge is 0.332 e. The lowest BCUT2D eigenvalue weighted by atomic mass is 10.5. The third kappa shape index (κ3) is 1.81. The number of nitrogens with one attached hydrogen (secondary N) is 2. The Kier molecular flexibility index (Phi) is 2.77. The van der Waals surface area contributed by atoms with E-state index in [9.17, 15) is 19.2 Å². The first-order valence-electron chi connectivity index (χ1n) is 7.13. The Morgan fingerprint density at radius 3 is 2.40 bits per heavy atom. The molecular weight excluding hydrogens is 332 g/mol. The summed E-state index contributed by atoms with van der Waals surface area (Å²) in [6, 6.07) is 0. The third-order valence-electron chi connectivity index (χ3n) is 4.11. The van der Waals surface area contributed by atoms with E-state index in [1.54, 1.807) is 7.05 Å². The summed E-state index contributed by atoms with van der Waals surface area (Å²) in [5.41, 5.74) is -1.81. The Labute approximate surface area is 136 Å². The van der Waals surface area contributed by atoms with Crippen molar-refractivity contribution in [2.45, 2.75) is 0 Å². The highest BCUT2D eigenvalue weighted by Gasteiger charge is 2.20. The van der Waals surface area contributed by atoms with E-state index in [1.807, 2.05) is 0 Å². The van der Waals surface area contributed by atoms with Gasteiger partial charge in [0, 0.05) is 21.1 Å². The van der Waals surface area contributed by atoms with Gasteiger partial charge < -0.3 is 4.57 Å². The molecule has 0 saturated carbocycles. The molecule has 12 nitrogen and oxygen atoms in total. The molecule has 4 aromatic heterocycles. The molecule has 0 bridgehead atoms. The zero-order valence-electron chi connectivity index (χ0n) is 13.4. The smallest absolute Gasteiger partial charge is 0.307 e. The van der Waals surface area contributed by atoms with Gasteiger partial charge in [-0.1, -0.05) is 0 Å². The van der Waals surface area contributed by atoms with Gasteiger partial charge in [0.1, 0.15) is 6.33 Å². The first kappa shape index (κ1) is 14.9. The average Bonchev–Trinajstić information content (AvgIpc) is 3.12. The van der Waals surface area contributed by atoms with Crippen molar-refractivity contribution in [2.75, 3.05) is 0 Å². The quantitative estimate of drug-likeness (QED) is 0.397. The maximum absolute atomic E-state index is 12.4. The second-order valence-electron chi connectivity index (χ2n) is 5.57. The minimum absolute atomic E-state index is 0.0217. The number of aromatic nitrogens is 8. The van der Waals surface area contributed by atoms with E-state index in [2.05, 4.69) is 19.9 Å². The number of nitrogens with zero attached hydrogens (tertiary/aromatic N) is 6. The SMILES string of the molecule is Cn1c(=O)c2c(nc(-n3cnc4c(=O)[nH]c(=O)[nH]c43)n2C)n(C)c1=O. The molecule has 0 aliphatic heterocycles. The predicted molar refractivity (Wildman–Crippen MR) is 87.1 cm³/mol. The fraction of sp³-hybridized carbons (Fsp3) is 0.231. The number of hydrogen-bond acceptors (Lipinski definition) is 6. The highest BCUT2D eigenvalue weighted by Crippen LogP contribution is 2.16. The monoisotopic (exact) mass is 344 g/mol. The summed E-state index contributed by atoms with van der Waals surface area (Å²) in [5.74, 6) is 0.219. The van der Waals surface area contributed by atoms with Gasteiger partial charge in [0.05, 0.1) is 0 Å². The van der Waals surface area contributed by atoms with Crippen LogP contribution in [0.2, 0.25) is 0 Å². The summed E-state index contributed by atoms with van der Waals surface area (Å²) in [6.07, 6.45) is 1.31. The summed E-state index contributed by atoms with van der Waals surface area (Å²) in [4.78, 5) is 60.8. The third-order valence-corrected chi connectivity index (χ3v) is 4.11. The Hall–Kier alpha value is -3.70. The molecule has 0 fully saturated rings. The van der Waals surface area contributed by atoms with Gasteiger partial charge in [-0.15, -0.1) is 0 Å². The minimum Gasteiger partial charge on any atom is -0.307 e. The highest BCUT2D eigenvalue weighted by atomic mass is 16.2. The van der Waals surface area contributed by atoms with Crippen molar-refractivity contribution in [3.8, 4) is 5.95 Å². The molecule has 25 heavy (non-hydrogen) atoms. The molecule has 0 aromatic carbocycles. The molecule has 0 spiro atoms. The second kappa shape index (κ2) is 4.66. The number of fused-ring (bicyclic) bond motifs is 2. The lowest BCUT2D eigenvalue weighted by Crippen LogP contribution is -2.37. The van der Waals surface area contributed by atoms with Gasteiger partial charge in [-0.2, -0.15) is 4.98 Å². The van der Waals surface area contributed by atoms with Crippen LogP contribution < -0.4 is 22.5 Å². The minimum atomic E-state index is -0.693. The Morgan fingerprint density at radius 1 is 0.960 bits per heavy atom. The lowest BCUT2D eigenvalue weighted by Gasteiger charge is -2.04. The number of H-pyrrole nitrogens is 2. The van der Waals surface area contributed by atoms with Crippen LogP contribution in [-0.4, -0.2) is 38.2 Å². The summed E-state index contributed by atoms with van der Waals surface area (Å²) in [6.45, 7) is 0. The van der Waals surface area contributed by atoms with Gasteiger partial charge in [-0.25, -0.2) is 14.6 Å². The van der Waals surface area contributed by atoms with E-state index in [0.717, 1.165) is 4.57 Å². The lowest BCUT2D eigenvalue weighted by molar-refractivity contribution is 0.705. The number of aryl methyl sites for hydroxylation is 2. The topological polar surface area (TPSA) is 145 Å². The van der Waals surface area contributed by atoms with Gasteiger partial charge >= 0.3 is 11.4 Å². The van der Waals surface area contributed by atoms with Crippen LogP contribution in [0.4, 0.5) is 0 Å². The highest BCUT2D eigenvalue weighted by molar-refractivity contribution is 5.75. The van der Waals surface area contributed by atoms with Gasteiger partial charge in [0.2, 0.25) is 5.95 Å². The van der Waals surface area contributed by atoms with Crippen LogP contribution in [-0.2, 0) is 21.1 Å². The molecule has 4 heterocycles. The summed E-state index contributed by atoms with van der Waals surface area (Å²) in [7, 11) is 4.47. The van der Waals surface area contributed by atoms with Crippen molar-refractivity contribution in [3.63, 3.8) is 0 Å². The van der Waals surface area contributed by atoms with Gasteiger partial charge in [-0.05, 0) is 0 Å². The zero-order valence-corrected chi connectivity index (χ0v) is 13.4. The number of imidazole rings is 2. The Morgan fingerprint density at radius 2 is 1.68 bits per heavy atom. The van der Waals surface area contributed by atoms with Crippen molar-refractivity contribution in [3.05, 3.63) is 48.0 Å². The standard InChI is InChI=1S/C13H12N8O4/c1-18-6-8(19(2)13(25)20(3)10(6)23)16-12(18)21-4-14-5-7(21)15-11(24)17-9(5)22/h4H,1-3H3,(H2,15,17,22,24). The molecular formula is C13H12N8O4. The van der Waals surface area contributed by atoms with Crippen LogP contribution in [0.1, 0.15) is 0 Å². The predicted octanol–water partition coefficient (Wildman–Crippen LogP) is -2.31. The first-order chi connectivity index (χ1) is 11.8. The fourth-order valence-electron chi connectivity index (χ4n) is 2.81. The molecule has 0 aliphatic carbocycles. The van der Waals surface area contributed by atoms with E-state index in [0.29, 0.717) is 0 Å².